The molecule has 3 rings (SSSR count). The predicted molar refractivity (Wildman–Crippen MR) is 92.7 cm³/mol. The van der Waals surface area contributed by atoms with Crippen molar-refractivity contribution < 1.29 is 13.2 Å². The van der Waals surface area contributed by atoms with Gasteiger partial charge in [-0.05, 0) is 24.6 Å². The second-order valence-corrected chi connectivity index (χ2v) is 6.23. The summed E-state index contributed by atoms with van der Waals surface area (Å²) >= 11 is 6.01. The number of aliphatic imine (C=N–C) groups is 1. The van der Waals surface area contributed by atoms with Gasteiger partial charge in [0.15, 0.2) is 0 Å². The minimum atomic E-state index is -4.49. The van der Waals surface area contributed by atoms with E-state index >= 15 is 0 Å². The van der Waals surface area contributed by atoms with Gasteiger partial charge in [-0.3, -0.25) is 9.13 Å². The number of benzene rings is 1. The molecule has 0 amide bonds. The molecule has 1 aromatic heterocycles. The number of hydrogen-bond donors (Lipinski definition) is 0. The average Bonchev–Trinajstić information content (AvgIpc) is 2.80. The minimum Gasteiger partial charge on any atom is -0.282 e. The second-order valence-electron chi connectivity index (χ2n) is 5.84. The van der Waals surface area contributed by atoms with Gasteiger partial charge in [-0.2, -0.15) is 13.2 Å². The summed E-state index contributed by atoms with van der Waals surface area (Å²) in [7, 11) is 0. The molecule has 0 spiro atoms. The molecule has 0 radical (unpaired) electrons. The van der Waals surface area contributed by atoms with E-state index in [4.69, 9.17) is 11.6 Å². The van der Waals surface area contributed by atoms with Gasteiger partial charge < -0.3 is 0 Å². The number of halogens is 4. The summed E-state index contributed by atoms with van der Waals surface area (Å²) in [5.74, 6) is -0.0409. The van der Waals surface area contributed by atoms with Crippen LogP contribution in [0.5, 0.6) is 0 Å². The van der Waals surface area contributed by atoms with Crippen molar-refractivity contribution in [1.82, 2.24) is 9.13 Å². The lowest BCUT2D eigenvalue weighted by Gasteiger charge is -2.11. The zero-order valence-electron chi connectivity index (χ0n) is 13.3. The molecule has 8 heteroatoms. The summed E-state index contributed by atoms with van der Waals surface area (Å²) in [4.78, 5) is 16.8. The first-order valence-corrected chi connectivity index (χ1v) is 8.03. The monoisotopic (exact) mass is 369 g/mol. The summed E-state index contributed by atoms with van der Waals surface area (Å²) in [6.45, 7) is 0.547. The second kappa shape index (κ2) is 6.55. The molecule has 4 nitrogen and oxygen atoms in total. The Morgan fingerprint density at radius 3 is 2.64 bits per heavy atom. The molecule has 1 aliphatic heterocycles. The number of alkyl halides is 3. The van der Waals surface area contributed by atoms with Gasteiger partial charge in [0.2, 0.25) is 0 Å². The zero-order chi connectivity index (χ0) is 18.2. The van der Waals surface area contributed by atoms with Crippen molar-refractivity contribution in [3.05, 3.63) is 53.1 Å². The lowest BCUT2D eigenvalue weighted by atomic mass is 10.1. The number of imidazole rings is 1. The molecule has 1 aromatic carbocycles. The summed E-state index contributed by atoms with van der Waals surface area (Å²) in [6, 6.07) is 6.41. The summed E-state index contributed by atoms with van der Waals surface area (Å²) in [5.41, 5.74) is 0.381. The van der Waals surface area contributed by atoms with Crippen molar-refractivity contribution in [2.24, 2.45) is 10.9 Å². The Balaban J connectivity index is 2.20. The van der Waals surface area contributed by atoms with Crippen LogP contribution in [0.1, 0.15) is 13.3 Å². The lowest BCUT2D eigenvalue weighted by Crippen LogP contribution is -2.29. The van der Waals surface area contributed by atoms with Gasteiger partial charge in [-0.25, -0.2) is 9.79 Å². The maximum absolute atomic E-state index is 12.9. The number of fused-ring (bicyclic) bond motifs is 1. The summed E-state index contributed by atoms with van der Waals surface area (Å²) < 4.78 is 40.7. The maximum Gasteiger partial charge on any atom is 0.406 e. The molecule has 0 bridgehead atoms. The van der Waals surface area contributed by atoms with Crippen LogP contribution in [0.2, 0.25) is 0 Å². The van der Waals surface area contributed by atoms with Crippen LogP contribution in [0.3, 0.4) is 0 Å². The van der Waals surface area contributed by atoms with Gasteiger partial charge in [0, 0.05) is 17.8 Å². The largest absolute Gasteiger partial charge is 0.406 e. The van der Waals surface area contributed by atoms with Crippen molar-refractivity contribution in [1.29, 1.82) is 0 Å². The molecule has 0 N–H and O–H groups in total. The molecule has 0 fully saturated rings. The van der Waals surface area contributed by atoms with Gasteiger partial charge in [0.1, 0.15) is 11.7 Å². The van der Waals surface area contributed by atoms with Crippen LogP contribution in [0.4, 0.5) is 13.2 Å². The molecule has 2 aromatic rings. The van der Waals surface area contributed by atoms with E-state index in [0.29, 0.717) is 22.8 Å². The normalized spacial score (nSPS) is 18.7. The van der Waals surface area contributed by atoms with Crippen LogP contribution < -0.4 is 5.69 Å². The fourth-order valence-corrected chi connectivity index (χ4v) is 2.88. The number of rotatable bonds is 2. The first-order chi connectivity index (χ1) is 11.8. The third-order valence-corrected chi connectivity index (χ3v) is 4.43. The van der Waals surface area contributed by atoms with Crippen LogP contribution in [-0.4, -0.2) is 20.5 Å². The molecule has 1 aliphatic rings. The van der Waals surface area contributed by atoms with E-state index in [1.165, 1.54) is 16.8 Å². The Morgan fingerprint density at radius 2 is 1.96 bits per heavy atom. The standard InChI is InChI=1S/C17H15ClF3N3O/c1-11-6-7-12(8-9-22-15(11)18)24-14-5-3-2-4-13(14)23(16(24)25)10-17(19,20)21/h2-5,7-9,11H,6,10H2,1H3. The van der Waals surface area contributed by atoms with Gasteiger partial charge in [0.05, 0.1) is 11.0 Å². The Kier molecular flexibility index (Phi) is 4.60. The quantitative estimate of drug-likeness (QED) is 0.773. The van der Waals surface area contributed by atoms with Gasteiger partial charge in [-0.15, -0.1) is 0 Å². The Labute approximate surface area is 146 Å². The number of para-hydroxylation sites is 2. The number of nitrogens with zero attached hydrogens (tertiary/aromatic N) is 3. The van der Waals surface area contributed by atoms with Crippen molar-refractivity contribution in [2.75, 3.05) is 0 Å². The van der Waals surface area contributed by atoms with Crippen LogP contribution in [0.25, 0.3) is 16.7 Å². The molecular weight excluding hydrogens is 355 g/mol. The van der Waals surface area contributed by atoms with Crippen molar-refractivity contribution in [2.45, 2.75) is 26.1 Å². The molecule has 1 atom stereocenters. The van der Waals surface area contributed by atoms with Crippen molar-refractivity contribution >= 4 is 33.5 Å². The number of hydrogen-bond acceptors (Lipinski definition) is 2. The van der Waals surface area contributed by atoms with E-state index in [1.807, 2.05) is 6.92 Å². The number of allylic oxidation sites excluding steroid dienone is 3. The van der Waals surface area contributed by atoms with E-state index in [9.17, 15) is 18.0 Å². The minimum absolute atomic E-state index is 0.0409. The molecular formula is C17H15ClF3N3O. The third-order valence-electron chi connectivity index (χ3n) is 3.96. The summed E-state index contributed by atoms with van der Waals surface area (Å²) in [6.07, 6.45) is 0.833. The number of aromatic nitrogens is 2. The highest BCUT2D eigenvalue weighted by atomic mass is 35.5. The molecule has 0 aliphatic carbocycles. The fraction of sp³-hybridized carbons (Fsp3) is 0.294. The third kappa shape index (κ3) is 3.56. The van der Waals surface area contributed by atoms with E-state index in [1.54, 1.807) is 30.4 Å². The van der Waals surface area contributed by atoms with Gasteiger partial charge in [-0.1, -0.05) is 36.7 Å². The topological polar surface area (TPSA) is 39.3 Å². The molecule has 2 heterocycles. The first kappa shape index (κ1) is 17.5. The van der Waals surface area contributed by atoms with Gasteiger partial charge in [0.25, 0.3) is 0 Å². The highest BCUT2D eigenvalue weighted by Crippen LogP contribution is 2.24. The van der Waals surface area contributed by atoms with E-state index < -0.39 is 18.4 Å². The van der Waals surface area contributed by atoms with Gasteiger partial charge >= 0.3 is 11.9 Å². The zero-order valence-corrected chi connectivity index (χ0v) is 14.1. The SMILES string of the molecule is CC1CC=C(n2c(=O)n(CC(F)(F)F)c3ccccc32)C=CN=C1Cl. The average molecular weight is 370 g/mol. The smallest absolute Gasteiger partial charge is 0.282 e. The Hall–Kier alpha value is -2.28. The van der Waals surface area contributed by atoms with E-state index in [2.05, 4.69) is 4.99 Å². The maximum atomic E-state index is 12.9. The van der Waals surface area contributed by atoms with E-state index in [0.717, 1.165) is 4.57 Å². The van der Waals surface area contributed by atoms with Crippen LogP contribution in [-0.2, 0) is 6.54 Å². The molecule has 25 heavy (non-hydrogen) atoms. The highest BCUT2D eigenvalue weighted by Gasteiger charge is 2.31. The Morgan fingerprint density at radius 1 is 1.28 bits per heavy atom. The van der Waals surface area contributed by atoms with Crippen molar-refractivity contribution in [3.8, 4) is 0 Å². The predicted octanol–water partition coefficient (Wildman–Crippen LogP) is 4.40. The molecule has 132 valence electrons. The van der Waals surface area contributed by atoms with E-state index in [-0.39, 0.29) is 11.4 Å². The summed E-state index contributed by atoms with van der Waals surface area (Å²) in [5, 5.41) is 0.443. The molecule has 0 saturated heterocycles. The highest BCUT2D eigenvalue weighted by molar-refractivity contribution is 6.65. The van der Waals surface area contributed by atoms with Crippen LogP contribution in [0, 0.1) is 5.92 Å². The van der Waals surface area contributed by atoms with Crippen molar-refractivity contribution in [3.63, 3.8) is 0 Å². The van der Waals surface area contributed by atoms with Crippen LogP contribution >= 0.6 is 11.6 Å². The van der Waals surface area contributed by atoms with Crippen LogP contribution in [0.15, 0.2) is 52.4 Å². The molecule has 0 saturated carbocycles. The Bertz CT molecular complexity index is 950. The lowest BCUT2D eigenvalue weighted by molar-refractivity contribution is -0.140. The fourth-order valence-electron chi connectivity index (χ4n) is 2.73. The first-order valence-electron chi connectivity index (χ1n) is 7.65. The molecule has 1 unspecified atom stereocenters.